The Labute approximate surface area is 343 Å². The minimum absolute atomic E-state index is 0.168. The molecule has 0 fully saturated rings. The Morgan fingerprint density at radius 3 is 1.78 bits per heavy atom. The summed E-state index contributed by atoms with van der Waals surface area (Å²) in [4.78, 5) is 29.1. The highest BCUT2D eigenvalue weighted by atomic mass is 35.5. The van der Waals surface area contributed by atoms with E-state index in [1.165, 1.54) is 16.3 Å². The summed E-state index contributed by atoms with van der Waals surface area (Å²) >= 11 is 28.1. The minimum atomic E-state index is -4.46. The van der Waals surface area contributed by atoms with E-state index in [1.54, 1.807) is 52.4 Å². The zero-order valence-electron chi connectivity index (χ0n) is 28.7. The number of amides is 2. The molecule has 0 atom stereocenters. The van der Waals surface area contributed by atoms with Crippen molar-refractivity contribution in [1.29, 1.82) is 0 Å². The second-order valence-corrected chi connectivity index (χ2v) is 18.4. The van der Waals surface area contributed by atoms with E-state index in [1.807, 2.05) is 5.38 Å². The number of rotatable bonds is 9. The number of aromatic nitrogens is 4. The molecule has 0 aliphatic heterocycles. The summed E-state index contributed by atoms with van der Waals surface area (Å²) in [6.07, 6.45) is 4.48. The number of thiophene rings is 2. The van der Waals surface area contributed by atoms with Crippen molar-refractivity contribution in [3.05, 3.63) is 108 Å². The van der Waals surface area contributed by atoms with Crippen molar-refractivity contribution >= 4 is 91.0 Å². The van der Waals surface area contributed by atoms with Gasteiger partial charge in [-0.25, -0.2) is 9.36 Å². The fraction of sp³-hybridized carbons (Fsp3) is 0.243. The molecule has 2 aromatic carbocycles. The Bertz CT molecular complexity index is 2630. The van der Waals surface area contributed by atoms with Crippen LogP contribution in [0.2, 0.25) is 20.1 Å². The number of nitrogens with zero attached hydrogens (tertiary/aromatic N) is 4. The van der Waals surface area contributed by atoms with Gasteiger partial charge in [0.15, 0.2) is 11.4 Å². The van der Waals surface area contributed by atoms with Crippen LogP contribution >= 0.6 is 69.1 Å². The molecule has 8 rings (SSSR count). The first-order valence-electron chi connectivity index (χ1n) is 17.3. The zero-order valence-corrected chi connectivity index (χ0v) is 34.1. The maximum Gasteiger partial charge on any atom is 0.304 e. The van der Waals surface area contributed by atoms with E-state index in [-0.39, 0.29) is 33.9 Å². The van der Waals surface area contributed by atoms with Crippen LogP contribution in [0.1, 0.15) is 62.5 Å². The quantitative estimate of drug-likeness (QED) is 0.0971. The molecule has 18 heteroatoms. The van der Waals surface area contributed by atoms with Gasteiger partial charge in [0.25, 0.3) is 11.8 Å². The van der Waals surface area contributed by atoms with E-state index >= 15 is 0 Å². The molecule has 0 spiro atoms. The lowest BCUT2D eigenvalue weighted by molar-refractivity contribution is 0.0945. The van der Waals surface area contributed by atoms with Crippen LogP contribution < -0.4 is 10.6 Å². The van der Waals surface area contributed by atoms with Gasteiger partial charge in [-0.15, -0.1) is 22.7 Å². The van der Waals surface area contributed by atoms with Gasteiger partial charge in [-0.05, 0) is 110 Å². The molecule has 4 heterocycles. The molecule has 284 valence electrons. The Balaban J connectivity index is 1.02. The van der Waals surface area contributed by atoms with Crippen LogP contribution in [0.4, 0.5) is 0 Å². The summed E-state index contributed by atoms with van der Waals surface area (Å²) in [6.45, 7) is 0.488. The van der Waals surface area contributed by atoms with Crippen molar-refractivity contribution in [3.63, 3.8) is 0 Å². The number of carbonyl (C=O) groups excluding carboxylic acids is 2. The number of nitrogens with one attached hydrogen (secondary N) is 2. The molecule has 2 aliphatic carbocycles. The summed E-state index contributed by atoms with van der Waals surface area (Å²) in [6, 6.07) is 13.6. The van der Waals surface area contributed by atoms with Crippen LogP contribution in [-0.4, -0.2) is 57.4 Å². The van der Waals surface area contributed by atoms with E-state index in [0.29, 0.717) is 80.4 Å². The summed E-state index contributed by atoms with van der Waals surface area (Å²) in [5.74, 6) is -0.761. The first kappa shape index (κ1) is 38.2. The number of fused-ring (bicyclic) bond motifs is 6. The highest BCUT2D eigenvalue weighted by Gasteiger charge is 2.32. The third-order valence-corrected chi connectivity index (χ3v) is 14.1. The van der Waals surface area contributed by atoms with Gasteiger partial charge in [0.2, 0.25) is 0 Å². The Morgan fingerprint density at radius 2 is 1.25 bits per heavy atom. The van der Waals surface area contributed by atoms with Crippen LogP contribution in [0.5, 0.6) is 0 Å². The molecule has 0 radical (unpaired) electrons. The molecular weight excluding hydrogens is 846 g/mol. The van der Waals surface area contributed by atoms with Crippen LogP contribution in [0.15, 0.2) is 58.1 Å². The highest BCUT2D eigenvalue weighted by Crippen LogP contribution is 2.44. The molecule has 6 aromatic rings. The maximum atomic E-state index is 13.8. The average molecular weight is 877 g/mol. The van der Waals surface area contributed by atoms with Crippen molar-refractivity contribution < 1.29 is 22.6 Å². The average Bonchev–Trinajstić information content (AvgIpc) is 3.89. The zero-order chi connectivity index (χ0) is 38.6. The monoisotopic (exact) mass is 874 g/mol. The van der Waals surface area contributed by atoms with Gasteiger partial charge in [-0.2, -0.15) is 18.6 Å². The molecule has 0 bridgehead atoms. The van der Waals surface area contributed by atoms with Gasteiger partial charge in [-0.1, -0.05) is 46.4 Å². The lowest BCUT2D eigenvalue weighted by atomic mass is 10.1. The van der Waals surface area contributed by atoms with E-state index in [4.69, 9.17) is 56.6 Å². The molecular formula is C37H30Cl4N6O5S3. The van der Waals surface area contributed by atoms with E-state index < -0.39 is 16.0 Å². The van der Waals surface area contributed by atoms with Crippen LogP contribution in [0.25, 0.3) is 32.5 Å². The Kier molecular flexibility index (Phi) is 10.6. The molecule has 2 amide bonds. The van der Waals surface area contributed by atoms with Crippen LogP contribution in [-0.2, 0) is 35.8 Å². The van der Waals surface area contributed by atoms with Crippen molar-refractivity contribution in [2.24, 2.45) is 0 Å². The molecule has 4 aromatic heterocycles. The molecule has 11 nitrogen and oxygen atoms in total. The number of carbonyl (C=O) groups is 2. The predicted molar refractivity (Wildman–Crippen MR) is 217 cm³/mol. The number of benzene rings is 2. The third-order valence-electron chi connectivity index (χ3n) is 9.56. The first-order valence-corrected chi connectivity index (χ1v) is 21.9. The van der Waals surface area contributed by atoms with Gasteiger partial charge >= 0.3 is 10.1 Å². The van der Waals surface area contributed by atoms with Crippen molar-refractivity contribution in [2.45, 2.75) is 49.2 Å². The van der Waals surface area contributed by atoms with Gasteiger partial charge in [-0.3, -0.25) is 14.1 Å². The lowest BCUT2D eigenvalue weighted by Gasteiger charge is -2.10. The number of hydrogen-bond donors (Lipinski definition) is 3. The summed E-state index contributed by atoms with van der Waals surface area (Å²) in [5, 5.41) is 19.1. The maximum absolute atomic E-state index is 13.8. The second-order valence-electron chi connectivity index (χ2n) is 13.1. The van der Waals surface area contributed by atoms with E-state index in [0.717, 1.165) is 45.9 Å². The molecule has 3 N–H and O–H groups in total. The van der Waals surface area contributed by atoms with Gasteiger partial charge in [0.1, 0.15) is 4.21 Å². The second kappa shape index (κ2) is 15.3. The summed E-state index contributed by atoms with van der Waals surface area (Å²) < 4.78 is 37.1. The third kappa shape index (κ3) is 7.35. The normalized spacial score (nSPS) is 13.6. The SMILES string of the molecule is O=C(NCCCNC(=O)c1nn(-c2ccc(Cl)cc2Cl)c2c1CCCc1cc(S(=O)(=O)O)sc1-2)c1nn(-c2ccc(Cl)cc2Cl)c2c1CCCc1ccsc1-2. The molecule has 2 aliphatic rings. The summed E-state index contributed by atoms with van der Waals surface area (Å²) in [5.41, 5.74) is 6.36. The van der Waals surface area contributed by atoms with Crippen LogP contribution in [0.3, 0.4) is 0 Å². The fourth-order valence-electron chi connectivity index (χ4n) is 7.09. The Morgan fingerprint density at radius 1 is 0.727 bits per heavy atom. The van der Waals surface area contributed by atoms with E-state index in [2.05, 4.69) is 16.7 Å². The van der Waals surface area contributed by atoms with Gasteiger partial charge < -0.3 is 10.6 Å². The summed E-state index contributed by atoms with van der Waals surface area (Å²) in [7, 11) is -4.46. The molecule has 0 unspecified atom stereocenters. The smallest absolute Gasteiger partial charge is 0.304 e. The predicted octanol–water partition coefficient (Wildman–Crippen LogP) is 8.90. The van der Waals surface area contributed by atoms with Gasteiger partial charge in [0, 0.05) is 34.3 Å². The van der Waals surface area contributed by atoms with Crippen molar-refractivity contribution in [1.82, 2.24) is 30.2 Å². The molecule has 55 heavy (non-hydrogen) atoms. The standard InChI is InChI=1S/C37H30Cl4N6O5S3/c38-21-8-10-27(25(40)17-21)46-32-23(6-1-4-19-12-15-53-34(19)32)30(44-46)36(48)42-13-3-14-43-37(49)31-24-7-2-5-20-16-29(55(50,51)52)54-35(20)33(24)47(45-31)28-11-9-22(39)18-26(28)41/h8-12,15-18H,1-7,13-14H2,(H,42,48)(H,43,49)(H,50,51,52). The fourth-order valence-corrected chi connectivity index (χ4v) is 11.0. The number of aryl methyl sites for hydroxylation is 2. The molecule has 0 saturated heterocycles. The highest BCUT2D eigenvalue weighted by molar-refractivity contribution is 7.88. The largest absolute Gasteiger partial charge is 0.351 e. The number of halogens is 4. The lowest BCUT2D eigenvalue weighted by Crippen LogP contribution is -2.31. The minimum Gasteiger partial charge on any atom is -0.351 e. The molecule has 0 saturated carbocycles. The number of hydrogen-bond acceptors (Lipinski definition) is 8. The van der Waals surface area contributed by atoms with E-state index in [9.17, 15) is 22.6 Å². The Hall–Kier alpha value is -3.73. The first-order chi connectivity index (χ1) is 26.4. The van der Waals surface area contributed by atoms with Crippen molar-refractivity contribution in [3.8, 4) is 32.5 Å². The van der Waals surface area contributed by atoms with Crippen molar-refractivity contribution in [2.75, 3.05) is 13.1 Å². The van der Waals surface area contributed by atoms with Crippen LogP contribution in [0, 0.1) is 0 Å². The topological polar surface area (TPSA) is 148 Å². The van der Waals surface area contributed by atoms with Gasteiger partial charge in [0.05, 0.1) is 42.6 Å².